The van der Waals surface area contributed by atoms with Gasteiger partial charge in [-0.05, 0) is 24.6 Å². The van der Waals surface area contributed by atoms with Gasteiger partial charge in [-0.25, -0.2) is 4.39 Å². The van der Waals surface area contributed by atoms with Gasteiger partial charge in [0.05, 0.1) is 24.8 Å². The van der Waals surface area contributed by atoms with Gasteiger partial charge in [0.25, 0.3) is 5.91 Å². The van der Waals surface area contributed by atoms with E-state index in [4.69, 9.17) is 10.5 Å². The van der Waals surface area contributed by atoms with Crippen molar-refractivity contribution in [1.29, 1.82) is 0 Å². The smallest absolute Gasteiger partial charge is 0.252 e. The number of amides is 1. The Bertz CT molecular complexity index is 528. The number of carbonyl (C=O) groups excluding carboxylic acids is 1. The molecule has 2 rings (SSSR count). The summed E-state index contributed by atoms with van der Waals surface area (Å²) in [4.78, 5) is 12.1. The Morgan fingerprint density at radius 1 is 1.58 bits per heavy atom. The van der Waals surface area contributed by atoms with Gasteiger partial charge in [-0.15, -0.1) is 0 Å². The van der Waals surface area contributed by atoms with E-state index in [1.54, 1.807) is 0 Å². The van der Waals surface area contributed by atoms with Crippen molar-refractivity contribution >= 4 is 5.91 Å². The molecular formula is C14H15FN2O2. The molecule has 1 aromatic rings. The molecule has 1 fully saturated rings. The number of benzene rings is 1. The summed E-state index contributed by atoms with van der Waals surface area (Å²) in [6.07, 6.45) is 0.788. The number of ether oxygens (including phenoxy) is 1. The maximum atomic E-state index is 13.2. The minimum Gasteiger partial charge on any atom is -0.379 e. The highest BCUT2D eigenvalue weighted by Crippen LogP contribution is 2.12. The molecule has 0 saturated carbocycles. The van der Waals surface area contributed by atoms with Crippen molar-refractivity contribution in [2.24, 2.45) is 5.73 Å². The van der Waals surface area contributed by atoms with E-state index in [1.165, 1.54) is 18.2 Å². The monoisotopic (exact) mass is 262 g/mol. The van der Waals surface area contributed by atoms with Crippen LogP contribution < -0.4 is 11.1 Å². The fourth-order valence-electron chi connectivity index (χ4n) is 1.88. The zero-order valence-electron chi connectivity index (χ0n) is 10.4. The van der Waals surface area contributed by atoms with Crippen molar-refractivity contribution < 1.29 is 13.9 Å². The van der Waals surface area contributed by atoms with Crippen LogP contribution in [-0.2, 0) is 4.74 Å². The molecule has 1 aromatic carbocycles. The van der Waals surface area contributed by atoms with Crippen LogP contribution in [0.4, 0.5) is 4.39 Å². The highest BCUT2D eigenvalue weighted by Gasteiger charge is 2.20. The molecule has 1 atom stereocenters. The highest BCUT2D eigenvalue weighted by molar-refractivity contribution is 5.96. The van der Waals surface area contributed by atoms with E-state index < -0.39 is 5.82 Å². The number of hydrogen-bond donors (Lipinski definition) is 2. The molecule has 19 heavy (non-hydrogen) atoms. The largest absolute Gasteiger partial charge is 0.379 e. The predicted octanol–water partition coefficient (Wildman–Crippen LogP) is 0.655. The zero-order chi connectivity index (χ0) is 13.7. The van der Waals surface area contributed by atoms with Crippen molar-refractivity contribution in [3.05, 3.63) is 35.1 Å². The molecule has 4 nitrogen and oxygen atoms in total. The summed E-state index contributed by atoms with van der Waals surface area (Å²) < 4.78 is 18.4. The van der Waals surface area contributed by atoms with Crippen molar-refractivity contribution in [3.8, 4) is 11.8 Å². The van der Waals surface area contributed by atoms with E-state index in [-0.39, 0.29) is 18.5 Å². The molecule has 1 amide bonds. The molecule has 0 aliphatic carbocycles. The zero-order valence-corrected chi connectivity index (χ0v) is 10.4. The Morgan fingerprint density at radius 2 is 2.42 bits per heavy atom. The molecular weight excluding hydrogens is 247 g/mol. The van der Waals surface area contributed by atoms with Crippen LogP contribution >= 0.6 is 0 Å². The predicted molar refractivity (Wildman–Crippen MR) is 69.0 cm³/mol. The maximum Gasteiger partial charge on any atom is 0.252 e. The number of halogens is 1. The summed E-state index contributed by atoms with van der Waals surface area (Å²) in [5.74, 6) is 4.64. The number of rotatable bonds is 2. The Hall–Kier alpha value is -1.90. The lowest BCUT2D eigenvalue weighted by Crippen LogP contribution is -2.35. The summed E-state index contributed by atoms with van der Waals surface area (Å²) in [5, 5.41) is 2.85. The normalized spacial score (nSPS) is 17.7. The minimum absolute atomic E-state index is 0.00729. The average molecular weight is 262 g/mol. The summed E-state index contributed by atoms with van der Waals surface area (Å²) in [6.45, 7) is 1.32. The summed E-state index contributed by atoms with van der Waals surface area (Å²) >= 11 is 0. The summed E-state index contributed by atoms with van der Waals surface area (Å²) in [7, 11) is 0. The molecule has 100 valence electrons. The van der Waals surface area contributed by atoms with E-state index in [0.717, 1.165) is 6.42 Å². The average Bonchev–Trinajstić information content (AvgIpc) is 2.89. The summed E-state index contributed by atoms with van der Waals surface area (Å²) in [6, 6.07) is 3.92. The van der Waals surface area contributed by atoms with Crippen molar-refractivity contribution in [2.45, 2.75) is 12.5 Å². The first-order valence-electron chi connectivity index (χ1n) is 6.08. The Morgan fingerprint density at radius 3 is 3.11 bits per heavy atom. The van der Waals surface area contributed by atoms with Gasteiger partial charge in [-0.2, -0.15) is 0 Å². The van der Waals surface area contributed by atoms with Gasteiger partial charge in [-0.1, -0.05) is 11.8 Å². The van der Waals surface area contributed by atoms with Crippen molar-refractivity contribution in [3.63, 3.8) is 0 Å². The topological polar surface area (TPSA) is 64.4 Å². The number of carbonyl (C=O) groups is 1. The molecule has 1 aliphatic heterocycles. The number of nitrogens with two attached hydrogens (primary N) is 1. The quantitative estimate of drug-likeness (QED) is 0.769. The number of hydrogen-bond acceptors (Lipinski definition) is 3. The van der Waals surface area contributed by atoms with Gasteiger partial charge in [0.1, 0.15) is 5.82 Å². The van der Waals surface area contributed by atoms with E-state index >= 15 is 0 Å². The van der Waals surface area contributed by atoms with E-state index in [1.807, 2.05) is 0 Å². The van der Waals surface area contributed by atoms with Crippen molar-refractivity contribution in [1.82, 2.24) is 5.32 Å². The fraction of sp³-hybridized carbons (Fsp3) is 0.357. The SMILES string of the molecule is NCC#Cc1cc(F)ccc1C(=O)NC1CCOC1. The first-order chi connectivity index (χ1) is 9.20. The highest BCUT2D eigenvalue weighted by atomic mass is 19.1. The van der Waals surface area contributed by atoms with Crippen LogP contribution in [0.5, 0.6) is 0 Å². The second-order valence-electron chi connectivity index (χ2n) is 4.23. The van der Waals surface area contributed by atoms with Crippen LogP contribution in [0, 0.1) is 17.7 Å². The third-order valence-corrected chi connectivity index (χ3v) is 2.82. The standard InChI is InChI=1S/C14H15FN2O2/c15-11-3-4-13(10(8-11)2-1-6-16)14(18)17-12-5-7-19-9-12/h3-4,8,12H,5-7,9,16H2,(H,17,18). The Balaban J connectivity index is 2.19. The molecule has 0 aromatic heterocycles. The van der Waals surface area contributed by atoms with Crippen LogP contribution in [-0.4, -0.2) is 31.7 Å². The molecule has 5 heteroatoms. The molecule has 1 unspecified atom stereocenters. The van der Waals surface area contributed by atoms with Gasteiger partial charge < -0.3 is 15.8 Å². The molecule has 0 radical (unpaired) electrons. The molecule has 0 bridgehead atoms. The minimum atomic E-state index is -0.429. The lowest BCUT2D eigenvalue weighted by atomic mass is 10.1. The molecule has 1 aliphatic rings. The van der Waals surface area contributed by atoms with Gasteiger partial charge in [0.2, 0.25) is 0 Å². The third kappa shape index (κ3) is 3.53. The van der Waals surface area contributed by atoms with E-state index in [2.05, 4.69) is 17.2 Å². The Labute approximate surface area is 111 Å². The summed E-state index contributed by atoms with van der Waals surface area (Å²) in [5.41, 5.74) is 5.99. The second-order valence-corrected chi connectivity index (χ2v) is 4.23. The van der Waals surface area contributed by atoms with E-state index in [0.29, 0.717) is 24.3 Å². The lowest BCUT2D eigenvalue weighted by Gasteiger charge is -2.11. The first-order valence-corrected chi connectivity index (χ1v) is 6.08. The molecule has 1 saturated heterocycles. The Kier molecular flexibility index (Phi) is 4.50. The third-order valence-electron chi connectivity index (χ3n) is 2.82. The molecule has 3 N–H and O–H groups in total. The fourth-order valence-corrected chi connectivity index (χ4v) is 1.88. The van der Waals surface area contributed by atoms with Crippen molar-refractivity contribution in [2.75, 3.05) is 19.8 Å². The molecule has 0 spiro atoms. The van der Waals surface area contributed by atoms with Gasteiger partial charge >= 0.3 is 0 Å². The van der Waals surface area contributed by atoms with Gasteiger partial charge in [-0.3, -0.25) is 4.79 Å². The van der Waals surface area contributed by atoms with Crippen LogP contribution in [0.2, 0.25) is 0 Å². The van der Waals surface area contributed by atoms with E-state index in [9.17, 15) is 9.18 Å². The van der Waals surface area contributed by atoms with Crippen LogP contribution in [0.25, 0.3) is 0 Å². The van der Waals surface area contributed by atoms with Crippen LogP contribution in [0.15, 0.2) is 18.2 Å². The van der Waals surface area contributed by atoms with Crippen LogP contribution in [0.3, 0.4) is 0 Å². The van der Waals surface area contributed by atoms with Gasteiger partial charge in [0, 0.05) is 12.2 Å². The number of nitrogens with one attached hydrogen (secondary N) is 1. The lowest BCUT2D eigenvalue weighted by molar-refractivity contribution is 0.0929. The van der Waals surface area contributed by atoms with Crippen LogP contribution in [0.1, 0.15) is 22.3 Å². The maximum absolute atomic E-state index is 13.2. The molecule has 1 heterocycles. The second kappa shape index (κ2) is 6.32. The first kappa shape index (κ1) is 13.5. The van der Waals surface area contributed by atoms with Gasteiger partial charge in [0.15, 0.2) is 0 Å².